The number of H-pyrrole nitrogens is 1. The molecule has 0 saturated heterocycles. The summed E-state index contributed by atoms with van der Waals surface area (Å²) in [6.45, 7) is 0.676. The summed E-state index contributed by atoms with van der Waals surface area (Å²) in [6.07, 6.45) is 6.70. The van der Waals surface area contributed by atoms with Gasteiger partial charge in [0.25, 0.3) is 0 Å². The lowest BCUT2D eigenvalue weighted by molar-refractivity contribution is 0.972. The Hall–Kier alpha value is -1.13. The van der Waals surface area contributed by atoms with Crippen molar-refractivity contribution in [3.63, 3.8) is 0 Å². The number of aromatic amines is 1. The third-order valence-corrected chi connectivity index (χ3v) is 2.81. The van der Waals surface area contributed by atoms with Crippen LogP contribution in [0.3, 0.4) is 0 Å². The van der Waals surface area contributed by atoms with Gasteiger partial charge < -0.3 is 10.7 Å². The summed E-state index contributed by atoms with van der Waals surface area (Å²) >= 11 is 1.52. The average molecular weight is 193 g/mol. The lowest BCUT2D eigenvalue weighted by atomic mass is 10.1. The van der Waals surface area contributed by atoms with Gasteiger partial charge in [0, 0.05) is 24.2 Å². The quantitative estimate of drug-likeness (QED) is 0.778. The highest BCUT2D eigenvalue weighted by Gasteiger charge is 2.06. The van der Waals surface area contributed by atoms with Crippen LogP contribution in [0.1, 0.15) is 5.56 Å². The summed E-state index contributed by atoms with van der Waals surface area (Å²) in [7, 11) is 0. The van der Waals surface area contributed by atoms with Crippen molar-refractivity contribution in [2.75, 3.05) is 6.54 Å². The Balaban J connectivity index is 2.35. The van der Waals surface area contributed by atoms with E-state index in [2.05, 4.69) is 9.36 Å². The van der Waals surface area contributed by atoms with Crippen molar-refractivity contribution in [1.82, 2.24) is 9.36 Å². The first kappa shape index (κ1) is 8.47. The summed E-state index contributed by atoms with van der Waals surface area (Å²) in [6, 6.07) is 2.05. The van der Waals surface area contributed by atoms with Crippen molar-refractivity contribution in [3.8, 4) is 10.4 Å². The van der Waals surface area contributed by atoms with Crippen LogP contribution in [0.15, 0.2) is 24.7 Å². The van der Waals surface area contributed by atoms with E-state index < -0.39 is 0 Å². The molecule has 0 unspecified atom stereocenters. The van der Waals surface area contributed by atoms with Crippen molar-refractivity contribution >= 4 is 11.5 Å². The van der Waals surface area contributed by atoms with E-state index in [9.17, 15) is 0 Å². The molecule has 4 heteroatoms. The molecule has 0 radical (unpaired) electrons. The Morgan fingerprint density at radius 2 is 2.46 bits per heavy atom. The van der Waals surface area contributed by atoms with Gasteiger partial charge in [-0.25, -0.2) is 4.37 Å². The van der Waals surface area contributed by atoms with Crippen LogP contribution in [0.25, 0.3) is 10.4 Å². The Morgan fingerprint density at radius 1 is 1.54 bits per heavy atom. The smallest absolute Gasteiger partial charge is 0.0597 e. The number of aromatic nitrogens is 2. The second kappa shape index (κ2) is 3.72. The maximum atomic E-state index is 5.51. The summed E-state index contributed by atoms with van der Waals surface area (Å²) in [5, 5.41) is 0. The molecular formula is C9H11N3S. The number of hydrogen-bond donors (Lipinski definition) is 2. The number of nitrogens with zero attached hydrogens (tertiary/aromatic N) is 1. The molecule has 0 aliphatic carbocycles. The number of rotatable bonds is 3. The molecule has 2 aromatic rings. The Morgan fingerprint density at radius 3 is 3.15 bits per heavy atom. The van der Waals surface area contributed by atoms with E-state index in [-0.39, 0.29) is 0 Å². The van der Waals surface area contributed by atoms with Crippen molar-refractivity contribution < 1.29 is 0 Å². The fraction of sp³-hybridized carbons (Fsp3) is 0.222. The predicted molar refractivity (Wildman–Crippen MR) is 54.7 cm³/mol. The van der Waals surface area contributed by atoms with E-state index in [0.717, 1.165) is 6.42 Å². The van der Waals surface area contributed by atoms with Gasteiger partial charge >= 0.3 is 0 Å². The molecule has 0 atom stereocenters. The molecule has 2 rings (SSSR count). The minimum Gasteiger partial charge on any atom is -0.367 e. The standard InChI is InChI=1S/C9H11N3S/c10-3-1-7-6-12-13-9(7)8-2-4-11-5-8/h2,4-6,11H,1,3,10H2. The molecule has 0 spiro atoms. The average Bonchev–Trinajstić information content (AvgIpc) is 2.71. The first-order chi connectivity index (χ1) is 6.42. The molecule has 0 fully saturated rings. The zero-order chi connectivity index (χ0) is 9.10. The fourth-order valence-electron chi connectivity index (χ4n) is 1.30. The molecule has 0 aliphatic rings. The molecule has 2 heterocycles. The summed E-state index contributed by atoms with van der Waals surface area (Å²) in [5.74, 6) is 0. The molecule has 3 nitrogen and oxygen atoms in total. The van der Waals surface area contributed by atoms with Gasteiger partial charge in [0.1, 0.15) is 0 Å². The fourth-order valence-corrected chi connectivity index (χ4v) is 2.09. The van der Waals surface area contributed by atoms with Crippen LogP contribution in [0.2, 0.25) is 0 Å². The second-order valence-electron chi connectivity index (χ2n) is 2.82. The molecule has 0 aromatic carbocycles. The molecule has 2 aromatic heterocycles. The van der Waals surface area contributed by atoms with Crippen LogP contribution in [0.4, 0.5) is 0 Å². The number of hydrogen-bond acceptors (Lipinski definition) is 3. The lowest BCUT2D eigenvalue weighted by Gasteiger charge is -1.96. The van der Waals surface area contributed by atoms with Crippen LogP contribution in [-0.2, 0) is 6.42 Å². The third kappa shape index (κ3) is 1.64. The predicted octanol–water partition coefficient (Wildman–Crippen LogP) is 1.64. The highest BCUT2D eigenvalue weighted by Crippen LogP contribution is 2.27. The van der Waals surface area contributed by atoms with Gasteiger partial charge in [0.05, 0.1) is 4.88 Å². The van der Waals surface area contributed by atoms with E-state index in [4.69, 9.17) is 5.73 Å². The van der Waals surface area contributed by atoms with Crippen LogP contribution >= 0.6 is 11.5 Å². The zero-order valence-corrected chi connectivity index (χ0v) is 7.97. The van der Waals surface area contributed by atoms with Crippen LogP contribution in [-0.4, -0.2) is 15.9 Å². The third-order valence-electron chi connectivity index (χ3n) is 1.92. The first-order valence-electron chi connectivity index (χ1n) is 4.18. The molecule has 68 valence electrons. The Bertz CT molecular complexity index is 364. The van der Waals surface area contributed by atoms with Gasteiger partial charge in [0.15, 0.2) is 0 Å². The van der Waals surface area contributed by atoms with Crippen molar-refractivity contribution in [3.05, 3.63) is 30.2 Å². The maximum Gasteiger partial charge on any atom is 0.0597 e. The monoisotopic (exact) mass is 193 g/mol. The Labute approximate surface area is 80.8 Å². The topological polar surface area (TPSA) is 54.7 Å². The lowest BCUT2D eigenvalue weighted by Crippen LogP contribution is -2.02. The molecule has 0 amide bonds. The van der Waals surface area contributed by atoms with Gasteiger partial charge in [-0.05, 0) is 36.1 Å². The van der Waals surface area contributed by atoms with Crippen molar-refractivity contribution in [2.45, 2.75) is 6.42 Å². The van der Waals surface area contributed by atoms with Crippen molar-refractivity contribution in [1.29, 1.82) is 0 Å². The van der Waals surface area contributed by atoms with Gasteiger partial charge in [-0.15, -0.1) is 0 Å². The highest BCUT2D eigenvalue weighted by atomic mass is 32.1. The largest absolute Gasteiger partial charge is 0.367 e. The molecular weight excluding hydrogens is 182 g/mol. The van der Waals surface area contributed by atoms with Crippen LogP contribution in [0.5, 0.6) is 0 Å². The minimum atomic E-state index is 0.676. The minimum absolute atomic E-state index is 0.676. The zero-order valence-electron chi connectivity index (χ0n) is 7.16. The second-order valence-corrected chi connectivity index (χ2v) is 3.62. The van der Waals surface area contributed by atoms with Crippen molar-refractivity contribution in [2.24, 2.45) is 5.73 Å². The normalized spacial score (nSPS) is 10.5. The maximum absolute atomic E-state index is 5.51. The van der Waals surface area contributed by atoms with E-state index in [1.54, 1.807) is 0 Å². The molecule has 3 N–H and O–H groups in total. The molecule has 13 heavy (non-hydrogen) atoms. The first-order valence-corrected chi connectivity index (χ1v) is 4.96. The summed E-state index contributed by atoms with van der Waals surface area (Å²) in [4.78, 5) is 4.26. The highest BCUT2D eigenvalue weighted by molar-refractivity contribution is 7.09. The van der Waals surface area contributed by atoms with Gasteiger partial charge in [-0.1, -0.05) is 0 Å². The van der Waals surface area contributed by atoms with Crippen LogP contribution < -0.4 is 5.73 Å². The van der Waals surface area contributed by atoms with Gasteiger partial charge in [-0.3, -0.25) is 0 Å². The van der Waals surface area contributed by atoms with Crippen LogP contribution in [0, 0.1) is 0 Å². The molecule has 0 saturated carbocycles. The number of nitrogens with two attached hydrogens (primary N) is 1. The SMILES string of the molecule is NCCc1cnsc1-c1cc[nH]c1. The summed E-state index contributed by atoms with van der Waals surface area (Å²) in [5.41, 5.74) is 7.95. The van der Waals surface area contributed by atoms with Gasteiger partial charge in [-0.2, -0.15) is 0 Å². The van der Waals surface area contributed by atoms with Gasteiger partial charge in [0.2, 0.25) is 0 Å². The van der Waals surface area contributed by atoms with E-state index in [1.807, 2.05) is 24.7 Å². The van der Waals surface area contributed by atoms with E-state index >= 15 is 0 Å². The number of nitrogens with one attached hydrogen (secondary N) is 1. The molecule has 0 aliphatic heterocycles. The Kier molecular flexibility index (Phi) is 2.42. The summed E-state index contributed by atoms with van der Waals surface area (Å²) < 4.78 is 4.17. The van der Waals surface area contributed by atoms with E-state index in [1.165, 1.54) is 27.5 Å². The molecule has 0 bridgehead atoms. The van der Waals surface area contributed by atoms with E-state index in [0.29, 0.717) is 6.54 Å².